The Morgan fingerprint density at radius 1 is 1.13 bits per heavy atom. The van der Waals surface area contributed by atoms with Crippen LogP contribution in [0.4, 0.5) is 0 Å². The number of carbonyl (C=O) groups is 4. The smallest absolute Gasteiger partial charge is 0.274 e. The van der Waals surface area contributed by atoms with E-state index >= 15 is 0 Å². The molecule has 9 heteroatoms. The summed E-state index contributed by atoms with van der Waals surface area (Å²) in [5, 5.41) is 4.00. The topological polar surface area (TPSA) is 74.8 Å². The lowest BCUT2D eigenvalue weighted by molar-refractivity contribution is -0.154. The molecule has 2 aromatic rings. The van der Waals surface area contributed by atoms with Gasteiger partial charge in [-0.05, 0) is 54.8 Å². The van der Waals surface area contributed by atoms with Crippen LogP contribution in [-0.4, -0.2) is 40.1 Å². The van der Waals surface area contributed by atoms with E-state index in [9.17, 15) is 19.2 Å². The minimum absolute atomic E-state index is 0.0638. The van der Waals surface area contributed by atoms with E-state index in [1.165, 1.54) is 29.5 Å². The van der Waals surface area contributed by atoms with Crippen molar-refractivity contribution in [2.24, 2.45) is 17.8 Å². The normalized spacial score (nSPS) is 23.1. The van der Waals surface area contributed by atoms with E-state index in [0.717, 1.165) is 16.4 Å². The van der Waals surface area contributed by atoms with Crippen molar-refractivity contribution in [2.75, 3.05) is 6.54 Å². The first-order valence-electron chi connectivity index (χ1n) is 9.99. The van der Waals surface area contributed by atoms with Crippen molar-refractivity contribution in [3.8, 4) is 0 Å². The fraction of sp³-hybridized carbons (Fsp3) is 0.364. The Morgan fingerprint density at radius 2 is 1.87 bits per heavy atom. The predicted molar refractivity (Wildman–Crippen MR) is 118 cm³/mol. The summed E-state index contributed by atoms with van der Waals surface area (Å²) in [6.45, 7) is 1.61. The summed E-state index contributed by atoms with van der Waals surface area (Å²) < 4.78 is 0. The van der Waals surface area contributed by atoms with Gasteiger partial charge < -0.3 is 0 Å². The van der Waals surface area contributed by atoms with Gasteiger partial charge in [0.25, 0.3) is 17.7 Å². The molecule has 1 saturated carbocycles. The second-order valence-electron chi connectivity index (χ2n) is 8.01. The molecule has 0 spiro atoms. The maximum absolute atomic E-state index is 13.4. The third-order valence-electron chi connectivity index (χ3n) is 5.89. The Balaban J connectivity index is 1.71. The fourth-order valence-corrected chi connectivity index (χ4v) is 5.44. The summed E-state index contributed by atoms with van der Waals surface area (Å²) in [5.74, 6) is -2.53. The van der Waals surface area contributed by atoms with Gasteiger partial charge in [0.1, 0.15) is 6.54 Å². The lowest BCUT2D eigenvalue weighted by Gasteiger charge is -2.30. The molecule has 1 saturated heterocycles. The summed E-state index contributed by atoms with van der Waals surface area (Å²) in [7, 11) is 0. The number of ketones is 1. The number of nitrogens with zero attached hydrogens (tertiary/aromatic N) is 2. The van der Waals surface area contributed by atoms with E-state index < -0.39 is 36.1 Å². The van der Waals surface area contributed by atoms with Crippen molar-refractivity contribution in [3.63, 3.8) is 0 Å². The van der Waals surface area contributed by atoms with Crippen LogP contribution in [0.2, 0.25) is 10.0 Å². The van der Waals surface area contributed by atoms with Crippen LogP contribution in [0.15, 0.2) is 35.7 Å². The average molecular weight is 479 g/mol. The first-order valence-corrected chi connectivity index (χ1v) is 11.6. The molecule has 3 amide bonds. The van der Waals surface area contributed by atoms with Gasteiger partial charge in [-0.15, -0.1) is 11.3 Å². The highest BCUT2D eigenvalue weighted by molar-refractivity contribution is 7.12. The molecular formula is C22H20Cl2N2O4S. The number of benzene rings is 1. The highest BCUT2D eigenvalue weighted by atomic mass is 35.5. The molecule has 31 heavy (non-hydrogen) atoms. The van der Waals surface area contributed by atoms with Gasteiger partial charge in [0, 0.05) is 5.02 Å². The van der Waals surface area contributed by atoms with E-state index in [1.54, 1.807) is 17.5 Å². The number of hydrogen-bond donors (Lipinski definition) is 0. The largest absolute Gasteiger partial charge is 0.291 e. The quantitative estimate of drug-likeness (QED) is 0.460. The molecule has 0 radical (unpaired) electrons. The summed E-state index contributed by atoms with van der Waals surface area (Å²) >= 11 is 13.4. The van der Waals surface area contributed by atoms with Crippen molar-refractivity contribution in [1.82, 2.24) is 10.0 Å². The van der Waals surface area contributed by atoms with Crippen LogP contribution >= 0.6 is 34.5 Å². The molecule has 0 N–H and O–H groups in total. The van der Waals surface area contributed by atoms with Crippen LogP contribution in [-0.2, 0) is 9.59 Å². The zero-order chi connectivity index (χ0) is 22.3. The molecule has 2 aliphatic rings. The molecular weight excluding hydrogens is 459 g/mol. The molecule has 1 aliphatic heterocycles. The molecule has 162 valence electrons. The third kappa shape index (κ3) is 4.14. The van der Waals surface area contributed by atoms with Crippen LogP contribution in [0.1, 0.15) is 46.2 Å². The third-order valence-corrected chi connectivity index (χ3v) is 7.35. The van der Waals surface area contributed by atoms with Crippen LogP contribution in [0.5, 0.6) is 0 Å². The van der Waals surface area contributed by atoms with Crippen molar-refractivity contribution in [2.45, 2.75) is 26.2 Å². The summed E-state index contributed by atoms with van der Waals surface area (Å²) in [4.78, 5) is 53.1. The van der Waals surface area contributed by atoms with Gasteiger partial charge in [-0.3, -0.25) is 19.2 Å². The highest BCUT2D eigenvalue weighted by Crippen LogP contribution is 2.41. The second-order valence-corrected chi connectivity index (χ2v) is 9.80. The number of fused-ring (bicyclic) bond motifs is 1. The van der Waals surface area contributed by atoms with Gasteiger partial charge in [0.05, 0.1) is 27.3 Å². The Morgan fingerprint density at radius 3 is 2.55 bits per heavy atom. The van der Waals surface area contributed by atoms with Gasteiger partial charge in [-0.1, -0.05) is 36.2 Å². The van der Waals surface area contributed by atoms with Gasteiger partial charge in [-0.2, -0.15) is 5.01 Å². The van der Waals surface area contributed by atoms with E-state index in [-0.39, 0.29) is 16.4 Å². The molecule has 1 aromatic heterocycles. The molecule has 2 fully saturated rings. The van der Waals surface area contributed by atoms with Gasteiger partial charge in [-0.25, -0.2) is 5.01 Å². The molecule has 1 aromatic carbocycles. The fourth-order valence-electron chi connectivity index (χ4n) is 4.30. The first kappa shape index (κ1) is 22.0. The Bertz CT molecular complexity index is 1060. The SMILES string of the molecule is C[C@@H]1CC[C@@H]2C(=O)N(N(CC(=O)c3cccs3)C(=O)c3ccc(Cl)cc3Cl)C(=O)[C@@H]2C1. The second kappa shape index (κ2) is 8.73. The van der Waals surface area contributed by atoms with Crippen molar-refractivity contribution < 1.29 is 19.2 Å². The number of amides is 3. The van der Waals surface area contributed by atoms with E-state index in [1.807, 2.05) is 6.92 Å². The highest BCUT2D eigenvalue weighted by Gasteiger charge is 2.53. The van der Waals surface area contributed by atoms with Gasteiger partial charge >= 0.3 is 0 Å². The van der Waals surface area contributed by atoms with Crippen LogP contribution < -0.4 is 0 Å². The van der Waals surface area contributed by atoms with Crippen LogP contribution in [0.3, 0.4) is 0 Å². The van der Waals surface area contributed by atoms with E-state index in [0.29, 0.717) is 28.7 Å². The van der Waals surface area contributed by atoms with Crippen molar-refractivity contribution in [1.29, 1.82) is 0 Å². The van der Waals surface area contributed by atoms with Crippen LogP contribution in [0, 0.1) is 17.8 Å². The number of rotatable bonds is 5. The van der Waals surface area contributed by atoms with Gasteiger partial charge in [0.15, 0.2) is 5.78 Å². The Hall–Kier alpha value is -2.22. The van der Waals surface area contributed by atoms with Crippen molar-refractivity contribution >= 4 is 58.0 Å². The molecule has 2 heterocycles. The predicted octanol–water partition coefficient (Wildman–Crippen LogP) is 4.72. The molecule has 1 aliphatic carbocycles. The molecule has 3 atom stereocenters. The van der Waals surface area contributed by atoms with E-state index in [4.69, 9.17) is 23.2 Å². The number of thiophene rings is 1. The number of hydrazine groups is 1. The van der Waals surface area contributed by atoms with E-state index in [2.05, 4.69) is 0 Å². The van der Waals surface area contributed by atoms with Crippen LogP contribution in [0.25, 0.3) is 0 Å². The number of imide groups is 1. The minimum Gasteiger partial charge on any atom is -0.291 e. The lowest BCUT2D eigenvalue weighted by Crippen LogP contribution is -2.52. The zero-order valence-corrected chi connectivity index (χ0v) is 19.0. The number of carbonyl (C=O) groups excluding carboxylic acids is 4. The van der Waals surface area contributed by atoms with Gasteiger partial charge in [0.2, 0.25) is 0 Å². The molecule has 6 nitrogen and oxygen atoms in total. The summed E-state index contributed by atoms with van der Waals surface area (Å²) in [5.41, 5.74) is 0.0638. The lowest BCUT2D eigenvalue weighted by atomic mass is 9.76. The molecule has 4 rings (SSSR count). The summed E-state index contributed by atoms with van der Waals surface area (Å²) in [6.07, 6.45) is 2.03. The zero-order valence-electron chi connectivity index (χ0n) is 16.7. The average Bonchev–Trinajstić information content (AvgIpc) is 3.34. The number of hydrogen-bond acceptors (Lipinski definition) is 5. The minimum atomic E-state index is -0.694. The Kier molecular flexibility index (Phi) is 6.19. The maximum Gasteiger partial charge on any atom is 0.274 e. The number of halogens is 2. The number of Topliss-reactive ketones (excluding diaryl/α,β-unsaturated/α-hetero) is 1. The molecule has 0 bridgehead atoms. The first-order chi connectivity index (χ1) is 14.8. The maximum atomic E-state index is 13.4. The monoisotopic (exact) mass is 478 g/mol. The standard InChI is InChI=1S/C22H20Cl2N2O4S/c1-12-4-6-14-16(9-12)22(30)26(21(14)29)25(11-18(27)19-3-2-8-31-19)20(28)15-7-5-13(23)10-17(15)24/h2-3,5,7-8,10,12,14,16H,4,6,9,11H2,1H3/t12-,14+,16-/m1/s1. The Labute approximate surface area is 193 Å². The van der Waals surface area contributed by atoms with Crippen molar-refractivity contribution in [3.05, 3.63) is 56.2 Å². The molecule has 0 unspecified atom stereocenters. The summed E-state index contributed by atoms with van der Waals surface area (Å²) in [6, 6.07) is 7.69.